The third-order valence-corrected chi connectivity index (χ3v) is 8.20. The summed E-state index contributed by atoms with van der Waals surface area (Å²) in [6, 6.07) is 14.7. The molecule has 0 spiro atoms. The van der Waals surface area contributed by atoms with Gasteiger partial charge in [-0.15, -0.1) is 0 Å². The van der Waals surface area contributed by atoms with Crippen LogP contribution in [0.2, 0.25) is 0 Å². The Bertz CT molecular complexity index is 1470. The number of anilines is 1. The summed E-state index contributed by atoms with van der Waals surface area (Å²) in [5.74, 6) is 0.158. The van der Waals surface area contributed by atoms with Gasteiger partial charge in [0.15, 0.2) is 15.5 Å². The van der Waals surface area contributed by atoms with Gasteiger partial charge in [0.2, 0.25) is 0 Å². The molecule has 3 atom stereocenters. The maximum Gasteiger partial charge on any atom is 0.180 e. The number of hydrogen-bond donors (Lipinski definition) is 2. The Kier molecular flexibility index (Phi) is 4.93. The first kappa shape index (κ1) is 21.2. The number of nitrogen functional groups attached to an aromatic ring is 1. The fourth-order valence-corrected chi connectivity index (χ4v) is 6.55. The van der Waals surface area contributed by atoms with Crippen molar-refractivity contribution < 1.29 is 8.42 Å². The molecule has 8 nitrogen and oxygen atoms in total. The van der Waals surface area contributed by atoms with Gasteiger partial charge < -0.3 is 11.1 Å². The number of nitrogens with two attached hydrogens (primary N) is 1. The minimum absolute atomic E-state index is 0.0390. The summed E-state index contributed by atoms with van der Waals surface area (Å²) in [6.07, 6.45) is 8.62. The second-order valence-corrected chi connectivity index (χ2v) is 11.3. The molecular formula is C25H26N6O2S. The normalized spacial score (nSPS) is 22.3. The first-order chi connectivity index (χ1) is 16.4. The van der Waals surface area contributed by atoms with E-state index in [2.05, 4.69) is 15.4 Å². The van der Waals surface area contributed by atoms with Crippen LogP contribution in [0, 0.1) is 0 Å². The zero-order valence-corrected chi connectivity index (χ0v) is 19.7. The molecule has 0 amide bonds. The molecule has 3 N–H and O–H groups in total. The summed E-state index contributed by atoms with van der Waals surface area (Å²) in [7, 11) is -3.59. The van der Waals surface area contributed by atoms with Crippen molar-refractivity contribution in [3.63, 3.8) is 0 Å². The summed E-state index contributed by atoms with van der Waals surface area (Å²) in [4.78, 5) is 9.67. The van der Waals surface area contributed by atoms with E-state index in [0.717, 1.165) is 48.1 Å². The van der Waals surface area contributed by atoms with Crippen molar-refractivity contribution in [1.82, 2.24) is 24.9 Å². The van der Waals surface area contributed by atoms with Crippen LogP contribution in [-0.2, 0) is 9.84 Å². The first-order valence-electron chi connectivity index (χ1n) is 11.5. The van der Waals surface area contributed by atoms with Gasteiger partial charge >= 0.3 is 0 Å². The molecule has 34 heavy (non-hydrogen) atoms. The Balaban J connectivity index is 1.48. The van der Waals surface area contributed by atoms with Crippen molar-refractivity contribution in [2.24, 2.45) is 0 Å². The quantitative estimate of drug-likeness (QED) is 0.465. The largest absolute Gasteiger partial charge is 0.382 e. The molecule has 2 saturated heterocycles. The third-order valence-electron chi connectivity index (χ3n) is 7.04. The van der Waals surface area contributed by atoms with Gasteiger partial charge in [-0.1, -0.05) is 36.4 Å². The van der Waals surface area contributed by atoms with Gasteiger partial charge in [0.1, 0.15) is 10.7 Å². The van der Waals surface area contributed by atoms with Crippen LogP contribution in [0.5, 0.6) is 0 Å². The second kappa shape index (κ2) is 7.89. The van der Waals surface area contributed by atoms with Crippen molar-refractivity contribution in [2.45, 2.75) is 48.6 Å². The molecule has 6 rings (SSSR count). The molecule has 5 heterocycles. The Morgan fingerprint density at radius 2 is 1.74 bits per heavy atom. The number of aromatic nitrogens is 4. The van der Waals surface area contributed by atoms with E-state index in [1.54, 1.807) is 12.4 Å². The van der Waals surface area contributed by atoms with Gasteiger partial charge in [0.25, 0.3) is 0 Å². The number of piperidine rings is 1. The number of fused-ring (bicyclic) bond motifs is 3. The van der Waals surface area contributed by atoms with Crippen LogP contribution in [0.15, 0.2) is 59.8 Å². The lowest BCUT2D eigenvalue weighted by molar-refractivity contribution is 0.355. The molecule has 4 aromatic rings. The maximum absolute atomic E-state index is 12.8. The molecule has 2 aliphatic heterocycles. The van der Waals surface area contributed by atoms with Gasteiger partial charge in [-0.25, -0.2) is 13.4 Å². The fraction of sp³-hybridized carbons (Fsp3) is 0.320. The molecular weight excluding hydrogens is 448 g/mol. The zero-order valence-electron chi connectivity index (χ0n) is 18.8. The van der Waals surface area contributed by atoms with Gasteiger partial charge in [-0.05, 0) is 31.7 Å². The number of hydrogen-bond acceptors (Lipinski definition) is 7. The van der Waals surface area contributed by atoms with Crippen molar-refractivity contribution in [3.05, 3.63) is 60.6 Å². The second-order valence-electron chi connectivity index (χ2n) is 9.38. The van der Waals surface area contributed by atoms with E-state index in [1.165, 1.54) is 10.8 Å². The lowest BCUT2D eigenvalue weighted by Gasteiger charge is -2.30. The molecule has 3 aromatic heterocycles. The lowest BCUT2D eigenvalue weighted by Crippen LogP contribution is -2.38. The number of pyridine rings is 1. The van der Waals surface area contributed by atoms with Crippen LogP contribution in [0.25, 0.3) is 28.0 Å². The topological polar surface area (TPSA) is 115 Å². The van der Waals surface area contributed by atoms with Crippen LogP contribution in [0.4, 0.5) is 5.82 Å². The summed E-state index contributed by atoms with van der Waals surface area (Å²) in [5, 5.41) is 8.02. The molecule has 2 bridgehead atoms. The highest BCUT2D eigenvalue weighted by molar-refractivity contribution is 7.91. The molecule has 1 unspecified atom stereocenters. The van der Waals surface area contributed by atoms with Gasteiger partial charge in [0, 0.05) is 47.1 Å². The van der Waals surface area contributed by atoms with Crippen molar-refractivity contribution >= 4 is 21.3 Å². The smallest absolute Gasteiger partial charge is 0.180 e. The average Bonchev–Trinajstić information content (AvgIpc) is 3.41. The molecule has 1 aromatic carbocycles. The average molecular weight is 475 g/mol. The lowest BCUT2D eigenvalue weighted by atomic mass is 9.89. The van der Waals surface area contributed by atoms with E-state index in [4.69, 9.17) is 10.7 Å². The summed E-state index contributed by atoms with van der Waals surface area (Å²) < 4.78 is 27.0. The van der Waals surface area contributed by atoms with E-state index in [1.807, 2.05) is 42.5 Å². The van der Waals surface area contributed by atoms with Crippen LogP contribution in [0.3, 0.4) is 0 Å². The van der Waals surface area contributed by atoms with Crippen LogP contribution >= 0.6 is 0 Å². The molecule has 2 fully saturated rings. The van der Waals surface area contributed by atoms with E-state index in [9.17, 15) is 8.42 Å². The van der Waals surface area contributed by atoms with E-state index in [-0.39, 0.29) is 16.6 Å². The molecule has 9 heteroatoms. The standard InChI is InChI=1S/C25H26N6O2S/c1-34(32,33)23-22(17-11-18-8-9-19(12-17)29-18)30-25-20(14-28-31(25)24(23)26)16-7-10-21(27-13-16)15-5-3-2-4-6-15/h2-7,10,13-14,17-19,29H,8-9,11-12,26H2,1H3/t17?,18-,19+. The predicted octanol–water partition coefficient (Wildman–Crippen LogP) is 3.44. The number of nitrogens with zero attached hydrogens (tertiary/aromatic N) is 4. The van der Waals surface area contributed by atoms with Crippen molar-refractivity contribution in [3.8, 4) is 22.4 Å². The van der Waals surface area contributed by atoms with E-state index < -0.39 is 9.84 Å². The minimum Gasteiger partial charge on any atom is -0.382 e. The molecule has 2 aliphatic rings. The Morgan fingerprint density at radius 3 is 2.38 bits per heavy atom. The van der Waals surface area contributed by atoms with Crippen molar-refractivity contribution in [2.75, 3.05) is 12.0 Å². The number of nitrogens with one attached hydrogen (secondary N) is 1. The Hall–Kier alpha value is -3.30. The Labute approximate surface area is 198 Å². The SMILES string of the molecule is CS(=O)(=O)c1c(C2C[C@H]3CC[C@@H](C2)N3)nc2c(-c3ccc(-c4ccccc4)nc3)cnn2c1N. The summed E-state index contributed by atoms with van der Waals surface area (Å²) in [5.41, 5.74) is 11.1. The highest BCUT2D eigenvalue weighted by Crippen LogP contribution is 2.41. The highest BCUT2D eigenvalue weighted by Gasteiger charge is 2.38. The third kappa shape index (κ3) is 3.56. The van der Waals surface area contributed by atoms with Gasteiger partial charge in [-0.3, -0.25) is 4.98 Å². The number of rotatable bonds is 4. The van der Waals surface area contributed by atoms with Crippen LogP contribution in [0.1, 0.15) is 37.3 Å². The molecule has 0 aliphatic carbocycles. The highest BCUT2D eigenvalue weighted by atomic mass is 32.2. The number of sulfone groups is 1. The van der Waals surface area contributed by atoms with Crippen LogP contribution in [-0.4, -0.2) is 46.3 Å². The predicted molar refractivity (Wildman–Crippen MR) is 131 cm³/mol. The summed E-state index contributed by atoms with van der Waals surface area (Å²) >= 11 is 0. The fourth-order valence-electron chi connectivity index (χ4n) is 5.49. The maximum atomic E-state index is 12.8. The Morgan fingerprint density at radius 1 is 1.00 bits per heavy atom. The number of benzene rings is 1. The zero-order chi connectivity index (χ0) is 23.4. The van der Waals surface area contributed by atoms with Gasteiger partial charge in [0.05, 0.1) is 17.6 Å². The van der Waals surface area contributed by atoms with E-state index >= 15 is 0 Å². The summed E-state index contributed by atoms with van der Waals surface area (Å²) in [6.45, 7) is 0. The minimum atomic E-state index is -3.59. The van der Waals surface area contributed by atoms with Crippen LogP contribution < -0.4 is 11.1 Å². The van der Waals surface area contributed by atoms with Crippen molar-refractivity contribution in [1.29, 1.82) is 0 Å². The molecule has 174 valence electrons. The van der Waals surface area contributed by atoms with Gasteiger partial charge in [-0.2, -0.15) is 9.61 Å². The molecule has 0 saturated carbocycles. The molecule has 0 radical (unpaired) electrons. The monoisotopic (exact) mass is 474 g/mol. The van der Waals surface area contributed by atoms with E-state index in [0.29, 0.717) is 23.4 Å². The first-order valence-corrected chi connectivity index (χ1v) is 13.4.